The van der Waals surface area contributed by atoms with Gasteiger partial charge in [0.25, 0.3) is 5.91 Å². The van der Waals surface area contributed by atoms with Gasteiger partial charge in [-0.2, -0.15) is 0 Å². The summed E-state index contributed by atoms with van der Waals surface area (Å²) in [4.78, 5) is 15.0. The average molecular weight is 309 g/mol. The highest BCUT2D eigenvalue weighted by Crippen LogP contribution is 2.28. The molecular weight excluding hydrogens is 284 g/mol. The monoisotopic (exact) mass is 308 g/mol. The number of piperidine rings is 1. The number of rotatable bonds is 2. The van der Waals surface area contributed by atoms with Gasteiger partial charge < -0.3 is 10.6 Å². The van der Waals surface area contributed by atoms with Crippen molar-refractivity contribution in [1.82, 2.24) is 4.90 Å². The van der Waals surface area contributed by atoms with Crippen molar-refractivity contribution in [3.05, 3.63) is 34.9 Å². The molecule has 2 atom stereocenters. The van der Waals surface area contributed by atoms with Gasteiger partial charge in [-0.3, -0.25) is 4.79 Å². The standard InChI is InChI=1S/C17H24N2O.ClH/c1-12(18)16-10-2-3-11-19(16)17(20)15-9-5-7-13-6-4-8-14(13)15;/h5,7,9,12,16H,2-4,6,8,10-11,18H2,1H3;1H. The third-order valence-corrected chi connectivity index (χ3v) is 4.79. The van der Waals surface area contributed by atoms with Gasteiger partial charge in [-0.1, -0.05) is 12.1 Å². The van der Waals surface area contributed by atoms with Crippen molar-refractivity contribution >= 4 is 18.3 Å². The summed E-state index contributed by atoms with van der Waals surface area (Å²) in [7, 11) is 0. The smallest absolute Gasteiger partial charge is 0.254 e. The summed E-state index contributed by atoms with van der Waals surface area (Å²) in [6, 6.07) is 6.45. The number of benzene rings is 1. The number of carbonyl (C=O) groups is 1. The van der Waals surface area contributed by atoms with E-state index < -0.39 is 0 Å². The Hall–Kier alpha value is -1.06. The molecule has 1 aromatic carbocycles. The van der Waals surface area contributed by atoms with Crippen LogP contribution in [0.15, 0.2) is 18.2 Å². The van der Waals surface area contributed by atoms with Crippen LogP contribution in [0.3, 0.4) is 0 Å². The fraction of sp³-hybridized carbons (Fsp3) is 0.588. The summed E-state index contributed by atoms with van der Waals surface area (Å²) in [5.74, 6) is 0.200. The molecule has 0 radical (unpaired) electrons. The van der Waals surface area contributed by atoms with Crippen LogP contribution in [0.4, 0.5) is 0 Å². The van der Waals surface area contributed by atoms with E-state index in [0.29, 0.717) is 0 Å². The minimum Gasteiger partial charge on any atom is -0.334 e. The SMILES string of the molecule is CC(N)C1CCCCN1C(=O)c1cccc2c1CCC2.Cl. The fourth-order valence-electron chi connectivity index (χ4n) is 3.73. The third-order valence-electron chi connectivity index (χ3n) is 4.79. The lowest BCUT2D eigenvalue weighted by molar-refractivity contribution is 0.0583. The molecule has 4 heteroatoms. The number of hydrogen-bond acceptors (Lipinski definition) is 2. The molecule has 2 aliphatic rings. The molecule has 0 saturated carbocycles. The Labute approximate surface area is 133 Å². The number of hydrogen-bond donors (Lipinski definition) is 1. The predicted molar refractivity (Wildman–Crippen MR) is 88.0 cm³/mol. The van der Waals surface area contributed by atoms with Crippen molar-refractivity contribution in [3.63, 3.8) is 0 Å². The number of nitrogens with zero attached hydrogens (tertiary/aromatic N) is 1. The van der Waals surface area contributed by atoms with Crippen molar-refractivity contribution < 1.29 is 4.79 Å². The molecule has 21 heavy (non-hydrogen) atoms. The highest BCUT2D eigenvalue weighted by Gasteiger charge is 2.31. The quantitative estimate of drug-likeness (QED) is 0.913. The molecule has 2 N–H and O–H groups in total. The van der Waals surface area contributed by atoms with Gasteiger partial charge in [0.1, 0.15) is 0 Å². The van der Waals surface area contributed by atoms with E-state index in [-0.39, 0.29) is 30.4 Å². The van der Waals surface area contributed by atoms with E-state index in [1.807, 2.05) is 24.0 Å². The Kier molecular flexibility index (Phi) is 5.28. The maximum absolute atomic E-state index is 12.9. The van der Waals surface area contributed by atoms with Gasteiger partial charge in [0.05, 0.1) is 0 Å². The van der Waals surface area contributed by atoms with E-state index in [9.17, 15) is 4.79 Å². The molecule has 1 saturated heterocycles. The van der Waals surface area contributed by atoms with Gasteiger partial charge in [0.2, 0.25) is 0 Å². The summed E-state index contributed by atoms with van der Waals surface area (Å²) in [6.07, 6.45) is 6.67. The van der Waals surface area contributed by atoms with Crippen LogP contribution < -0.4 is 5.73 Å². The Bertz CT molecular complexity index is 516. The van der Waals surface area contributed by atoms with Crippen LogP contribution in [-0.4, -0.2) is 29.4 Å². The van der Waals surface area contributed by atoms with Gasteiger partial charge in [-0.25, -0.2) is 0 Å². The van der Waals surface area contributed by atoms with Crippen molar-refractivity contribution in [1.29, 1.82) is 0 Å². The van der Waals surface area contributed by atoms with Crippen LogP contribution in [0, 0.1) is 0 Å². The molecule has 1 heterocycles. The predicted octanol–water partition coefficient (Wildman–Crippen LogP) is 2.94. The maximum Gasteiger partial charge on any atom is 0.254 e. The Morgan fingerprint density at radius 3 is 2.86 bits per heavy atom. The molecule has 1 aliphatic carbocycles. The number of fused-ring (bicyclic) bond motifs is 1. The lowest BCUT2D eigenvalue weighted by Gasteiger charge is -2.38. The average Bonchev–Trinajstić information content (AvgIpc) is 2.94. The van der Waals surface area contributed by atoms with Crippen LogP contribution in [0.2, 0.25) is 0 Å². The zero-order chi connectivity index (χ0) is 14.1. The second-order valence-electron chi connectivity index (χ2n) is 6.22. The lowest BCUT2D eigenvalue weighted by Crippen LogP contribution is -2.51. The first-order chi connectivity index (χ1) is 9.68. The summed E-state index contributed by atoms with van der Waals surface area (Å²) in [5.41, 5.74) is 9.67. The molecular formula is C17H25ClN2O. The van der Waals surface area contributed by atoms with Crippen LogP contribution >= 0.6 is 12.4 Å². The van der Waals surface area contributed by atoms with Crippen LogP contribution in [0.1, 0.15) is 54.1 Å². The summed E-state index contributed by atoms with van der Waals surface area (Å²) < 4.78 is 0. The molecule has 3 rings (SSSR count). The Morgan fingerprint density at radius 2 is 2.10 bits per heavy atom. The summed E-state index contributed by atoms with van der Waals surface area (Å²) >= 11 is 0. The minimum absolute atomic E-state index is 0. The normalized spacial score (nSPS) is 22.4. The van der Waals surface area contributed by atoms with Crippen LogP contribution in [-0.2, 0) is 12.8 Å². The third kappa shape index (κ3) is 3.09. The van der Waals surface area contributed by atoms with Gasteiger partial charge in [0.15, 0.2) is 0 Å². The number of carbonyl (C=O) groups excluding carboxylic acids is 1. The highest BCUT2D eigenvalue weighted by molar-refractivity contribution is 5.96. The molecule has 116 valence electrons. The molecule has 1 aliphatic heterocycles. The Balaban J connectivity index is 0.00000161. The van der Waals surface area contributed by atoms with E-state index in [2.05, 4.69) is 6.07 Å². The van der Waals surface area contributed by atoms with E-state index in [0.717, 1.165) is 37.8 Å². The van der Waals surface area contributed by atoms with Crippen molar-refractivity contribution in [2.75, 3.05) is 6.54 Å². The first-order valence-electron chi connectivity index (χ1n) is 7.86. The number of aryl methyl sites for hydroxylation is 1. The number of halogens is 1. The van der Waals surface area contributed by atoms with Crippen LogP contribution in [0.25, 0.3) is 0 Å². The maximum atomic E-state index is 12.9. The molecule has 0 aromatic heterocycles. The van der Waals surface area contributed by atoms with Crippen molar-refractivity contribution in [2.24, 2.45) is 5.73 Å². The molecule has 1 amide bonds. The largest absolute Gasteiger partial charge is 0.334 e. The molecule has 1 fully saturated rings. The molecule has 0 bridgehead atoms. The van der Waals surface area contributed by atoms with E-state index in [4.69, 9.17) is 5.73 Å². The van der Waals surface area contributed by atoms with Crippen molar-refractivity contribution in [2.45, 2.75) is 57.5 Å². The van der Waals surface area contributed by atoms with Gasteiger partial charge in [-0.15, -0.1) is 12.4 Å². The number of nitrogens with two attached hydrogens (primary N) is 1. The zero-order valence-electron chi connectivity index (χ0n) is 12.7. The highest BCUT2D eigenvalue weighted by atomic mass is 35.5. The molecule has 0 spiro atoms. The summed E-state index contributed by atoms with van der Waals surface area (Å²) in [5, 5.41) is 0. The first-order valence-corrected chi connectivity index (χ1v) is 7.86. The summed E-state index contributed by atoms with van der Waals surface area (Å²) in [6.45, 7) is 2.88. The van der Waals surface area contributed by atoms with E-state index in [1.54, 1.807) is 0 Å². The van der Waals surface area contributed by atoms with Gasteiger partial charge >= 0.3 is 0 Å². The second kappa shape index (κ2) is 6.80. The van der Waals surface area contributed by atoms with Gasteiger partial charge in [-0.05, 0) is 62.6 Å². The number of amides is 1. The van der Waals surface area contributed by atoms with Crippen molar-refractivity contribution in [3.8, 4) is 0 Å². The van der Waals surface area contributed by atoms with Crippen LogP contribution in [0.5, 0.6) is 0 Å². The minimum atomic E-state index is 0. The molecule has 3 nitrogen and oxygen atoms in total. The Morgan fingerprint density at radius 1 is 1.29 bits per heavy atom. The zero-order valence-corrected chi connectivity index (χ0v) is 13.5. The molecule has 2 unspecified atom stereocenters. The lowest BCUT2D eigenvalue weighted by atomic mass is 9.94. The van der Waals surface area contributed by atoms with Gasteiger partial charge in [0, 0.05) is 24.2 Å². The first kappa shape index (κ1) is 16.3. The molecule has 1 aromatic rings. The fourth-order valence-corrected chi connectivity index (χ4v) is 3.73. The van der Waals surface area contributed by atoms with E-state index in [1.165, 1.54) is 24.0 Å². The number of likely N-dealkylation sites (tertiary alicyclic amines) is 1. The van der Waals surface area contributed by atoms with E-state index >= 15 is 0 Å². The second-order valence-corrected chi connectivity index (χ2v) is 6.22. The topological polar surface area (TPSA) is 46.3 Å².